The fourth-order valence-corrected chi connectivity index (χ4v) is 7.07. The van der Waals surface area contributed by atoms with Crippen LogP contribution in [0.15, 0.2) is 48.5 Å². The van der Waals surface area contributed by atoms with Gasteiger partial charge in [-0.05, 0) is 76.3 Å². The molecule has 8 heteroatoms. The zero-order valence-corrected chi connectivity index (χ0v) is 23.6. The highest BCUT2D eigenvalue weighted by molar-refractivity contribution is 6.02. The molecular weight excluding hydrogens is 494 g/mol. The Hall–Kier alpha value is -3.36. The van der Waals surface area contributed by atoms with E-state index in [0.29, 0.717) is 24.2 Å². The minimum Gasteiger partial charge on any atom is -0.443 e. The van der Waals surface area contributed by atoms with Crippen LogP contribution in [0.1, 0.15) is 64.2 Å². The maximum Gasteiger partial charge on any atom is 0.416 e. The summed E-state index contributed by atoms with van der Waals surface area (Å²) in [5.41, 5.74) is 0.161. The van der Waals surface area contributed by atoms with E-state index in [-0.39, 0.29) is 18.9 Å². The number of hydrogen-bond acceptors (Lipinski definition) is 6. The van der Waals surface area contributed by atoms with Gasteiger partial charge in [-0.15, -0.1) is 0 Å². The average molecular weight is 534 g/mol. The van der Waals surface area contributed by atoms with Crippen molar-refractivity contribution in [3.8, 4) is 0 Å². The summed E-state index contributed by atoms with van der Waals surface area (Å²) in [7, 11) is 1.95. The number of ether oxygens (including phenoxy) is 1. The SMILES string of the molecule is CN1c2cccc(/C=C/C(C)(C)O)c2[C@]23CCNC(=O)[C@]2(CCO)c2ccccc2N(C(=O)OC(C)(C)C)[C@H]13. The second-order valence-corrected chi connectivity index (χ2v) is 12.4. The standard InChI is InChI=1S/C31H39N3O5/c1-28(2,3)39-27(37)34-22-12-8-7-11-21(22)30(17-19-35)25(36)32-18-16-31(30)24-20(14-15-29(4,5)38)10-9-13-23(24)33(6)26(31)34/h7-15,26,35,38H,16-19H2,1-6H3,(H,32,36)/b15-14+/t26-,30-,31-/m0/s1. The number of piperidine rings is 1. The lowest BCUT2D eigenvalue weighted by atomic mass is 9.49. The minimum absolute atomic E-state index is 0.161. The first-order valence-electron chi connectivity index (χ1n) is 13.6. The number of hydrogen-bond donors (Lipinski definition) is 3. The van der Waals surface area contributed by atoms with E-state index in [0.717, 1.165) is 16.8 Å². The predicted octanol–water partition coefficient (Wildman–Crippen LogP) is 4.08. The normalized spacial score (nSPS) is 26.1. The number of nitrogens with one attached hydrogen (secondary N) is 1. The van der Waals surface area contributed by atoms with Crippen molar-refractivity contribution in [2.24, 2.45) is 0 Å². The molecular formula is C31H39N3O5. The van der Waals surface area contributed by atoms with Crippen LogP contribution in [0, 0.1) is 0 Å². The van der Waals surface area contributed by atoms with Crippen LogP contribution in [-0.2, 0) is 20.4 Å². The lowest BCUT2D eigenvalue weighted by Crippen LogP contribution is -2.74. The third kappa shape index (κ3) is 3.95. The molecule has 1 saturated heterocycles. The maximum absolute atomic E-state index is 14.3. The molecule has 3 heterocycles. The third-order valence-corrected chi connectivity index (χ3v) is 8.28. The number of fused-ring (bicyclic) bond motifs is 3. The van der Waals surface area contributed by atoms with Crippen molar-refractivity contribution in [2.45, 2.75) is 75.7 Å². The zero-order chi connectivity index (χ0) is 28.4. The van der Waals surface area contributed by atoms with Crippen molar-refractivity contribution in [2.75, 3.05) is 30.0 Å². The highest BCUT2D eigenvalue weighted by atomic mass is 16.6. The molecule has 2 aromatic carbocycles. The van der Waals surface area contributed by atoms with E-state index in [1.165, 1.54) is 0 Å². The van der Waals surface area contributed by atoms with Crippen LogP contribution in [-0.4, -0.2) is 59.8 Å². The average Bonchev–Trinajstić information content (AvgIpc) is 3.10. The molecule has 8 nitrogen and oxygen atoms in total. The molecule has 0 saturated carbocycles. The molecule has 39 heavy (non-hydrogen) atoms. The number of anilines is 2. The molecule has 5 rings (SSSR count). The number of rotatable bonds is 4. The summed E-state index contributed by atoms with van der Waals surface area (Å²) in [6.07, 6.45) is 3.29. The van der Waals surface area contributed by atoms with E-state index in [4.69, 9.17) is 4.74 Å². The highest BCUT2D eigenvalue weighted by Crippen LogP contribution is 2.65. The number of nitrogens with zero attached hydrogens (tertiary/aromatic N) is 2. The lowest BCUT2D eigenvalue weighted by Gasteiger charge is -2.60. The quantitative estimate of drug-likeness (QED) is 0.548. The van der Waals surface area contributed by atoms with Gasteiger partial charge in [0.2, 0.25) is 5.91 Å². The van der Waals surface area contributed by atoms with Gasteiger partial charge in [0.15, 0.2) is 0 Å². The fraction of sp³-hybridized carbons (Fsp3) is 0.484. The molecule has 208 valence electrons. The van der Waals surface area contributed by atoms with Crippen LogP contribution in [0.5, 0.6) is 0 Å². The molecule has 2 aromatic rings. The Balaban J connectivity index is 1.90. The van der Waals surface area contributed by atoms with Gasteiger partial charge in [-0.25, -0.2) is 4.79 Å². The Bertz CT molecular complexity index is 1340. The monoisotopic (exact) mass is 533 g/mol. The van der Waals surface area contributed by atoms with Gasteiger partial charge in [0.05, 0.1) is 22.1 Å². The van der Waals surface area contributed by atoms with Crippen LogP contribution in [0.3, 0.4) is 0 Å². The van der Waals surface area contributed by atoms with E-state index >= 15 is 0 Å². The van der Waals surface area contributed by atoms with E-state index in [1.807, 2.05) is 76.4 Å². The van der Waals surface area contributed by atoms with Gasteiger partial charge in [0.25, 0.3) is 0 Å². The Kier molecular flexibility index (Phi) is 6.35. The highest BCUT2D eigenvalue weighted by Gasteiger charge is 2.72. The number of amides is 2. The molecule has 3 aliphatic heterocycles. The van der Waals surface area contributed by atoms with Crippen LogP contribution < -0.4 is 15.1 Å². The summed E-state index contributed by atoms with van der Waals surface area (Å²) in [5, 5.41) is 24.1. The Morgan fingerprint density at radius 1 is 1.13 bits per heavy atom. The van der Waals surface area contributed by atoms with E-state index in [2.05, 4.69) is 10.2 Å². The fourth-order valence-electron chi connectivity index (χ4n) is 7.07. The van der Waals surface area contributed by atoms with Crippen molar-refractivity contribution in [1.29, 1.82) is 0 Å². The van der Waals surface area contributed by atoms with Crippen molar-refractivity contribution >= 4 is 29.5 Å². The molecule has 3 N–H and O–H groups in total. The first-order chi connectivity index (χ1) is 18.3. The Morgan fingerprint density at radius 2 is 1.82 bits per heavy atom. The lowest BCUT2D eigenvalue weighted by molar-refractivity contribution is -0.134. The number of aliphatic hydroxyl groups excluding tert-OH is 1. The summed E-state index contributed by atoms with van der Waals surface area (Å²) >= 11 is 0. The van der Waals surface area contributed by atoms with Crippen LogP contribution in [0.25, 0.3) is 6.08 Å². The molecule has 0 bridgehead atoms. The topological polar surface area (TPSA) is 102 Å². The third-order valence-electron chi connectivity index (χ3n) is 8.28. The van der Waals surface area contributed by atoms with Gasteiger partial charge < -0.3 is 25.2 Å². The second kappa shape index (κ2) is 9.10. The molecule has 1 spiro atoms. The summed E-state index contributed by atoms with van der Waals surface area (Å²) in [5.74, 6) is -0.161. The number of para-hydroxylation sites is 1. The van der Waals surface area contributed by atoms with E-state index < -0.39 is 34.3 Å². The van der Waals surface area contributed by atoms with Crippen molar-refractivity contribution in [3.63, 3.8) is 0 Å². The van der Waals surface area contributed by atoms with Gasteiger partial charge in [-0.1, -0.05) is 42.5 Å². The Morgan fingerprint density at radius 3 is 2.49 bits per heavy atom. The van der Waals surface area contributed by atoms with Crippen LogP contribution >= 0.6 is 0 Å². The predicted molar refractivity (Wildman–Crippen MR) is 152 cm³/mol. The van der Waals surface area contributed by atoms with Gasteiger partial charge in [0.1, 0.15) is 11.8 Å². The van der Waals surface area contributed by atoms with E-state index in [1.54, 1.807) is 24.8 Å². The van der Waals surface area contributed by atoms with Gasteiger partial charge in [-0.2, -0.15) is 0 Å². The molecule has 3 atom stereocenters. The largest absolute Gasteiger partial charge is 0.443 e. The molecule has 0 aromatic heterocycles. The van der Waals surface area contributed by atoms with Gasteiger partial charge in [0, 0.05) is 25.9 Å². The molecule has 0 radical (unpaired) electrons. The first kappa shape index (κ1) is 27.2. The summed E-state index contributed by atoms with van der Waals surface area (Å²) in [6, 6.07) is 13.4. The van der Waals surface area contributed by atoms with Crippen LogP contribution in [0.2, 0.25) is 0 Å². The van der Waals surface area contributed by atoms with Crippen molar-refractivity contribution in [1.82, 2.24) is 5.32 Å². The molecule has 1 fully saturated rings. The Labute approximate surface area is 230 Å². The van der Waals surface area contributed by atoms with Gasteiger partial charge >= 0.3 is 6.09 Å². The smallest absolute Gasteiger partial charge is 0.416 e. The molecule has 0 unspecified atom stereocenters. The summed E-state index contributed by atoms with van der Waals surface area (Å²) in [6.45, 7) is 9.16. The number of carbonyl (C=O) groups excluding carboxylic acids is 2. The summed E-state index contributed by atoms with van der Waals surface area (Å²) < 4.78 is 5.97. The number of benzene rings is 2. The first-order valence-corrected chi connectivity index (χ1v) is 13.6. The molecule has 0 aliphatic carbocycles. The van der Waals surface area contributed by atoms with Crippen LogP contribution in [0.4, 0.5) is 16.2 Å². The minimum atomic E-state index is -1.15. The van der Waals surface area contributed by atoms with Crippen molar-refractivity contribution < 1.29 is 24.5 Å². The van der Waals surface area contributed by atoms with E-state index in [9.17, 15) is 19.8 Å². The summed E-state index contributed by atoms with van der Waals surface area (Å²) in [4.78, 5) is 32.1. The number of carbonyl (C=O) groups is 2. The van der Waals surface area contributed by atoms with Gasteiger partial charge in [-0.3, -0.25) is 9.69 Å². The zero-order valence-electron chi connectivity index (χ0n) is 23.6. The number of aliphatic hydroxyl groups is 2. The number of likely N-dealkylation sites (N-methyl/N-ethyl adjacent to an activating group) is 1. The van der Waals surface area contributed by atoms with Crippen molar-refractivity contribution in [3.05, 3.63) is 65.2 Å². The maximum atomic E-state index is 14.3. The molecule has 3 aliphatic rings. The second-order valence-electron chi connectivity index (χ2n) is 12.4. The molecule has 2 amide bonds.